The van der Waals surface area contributed by atoms with Gasteiger partial charge in [-0.05, 0) is 42.3 Å². The summed E-state index contributed by atoms with van der Waals surface area (Å²) in [6, 6.07) is 10.4. The summed E-state index contributed by atoms with van der Waals surface area (Å²) >= 11 is 0. The minimum atomic E-state index is -3.77. The van der Waals surface area contributed by atoms with Crippen LogP contribution < -0.4 is 10.5 Å². The van der Waals surface area contributed by atoms with Crippen LogP contribution in [0.3, 0.4) is 0 Å². The third kappa shape index (κ3) is 3.65. The first kappa shape index (κ1) is 15.1. The quantitative estimate of drug-likeness (QED) is 0.491. The molecule has 0 saturated heterocycles. The maximum absolute atomic E-state index is 12.2. The molecule has 6 nitrogen and oxygen atoms in total. The van der Waals surface area contributed by atoms with Crippen molar-refractivity contribution in [1.29, 1.82) is 0 Å². The van der Waals surface area contributed by atoms with E-state index in [1.54, 1.807) is 24.3 Å². The van der Waals surface area contributed by atoms with E-state index in [0.29, 0.717) is 12.1 Å². The maximum Gasteiger partial charge on any atom is 0.261 e. The molecule has 0 aliphatic carbocycles. The SMILES string of the molecule is Nc1cc(S(=O)(=O)Nc2ccc(CCO)cc2)ccc1O. The second-order valence-electron chi connectivity index (χ2n) is 4.50. The molecule has 0 spiro atoms. The van der Waals surface area contributed by atoms with Crippen LogP contribution in [0.2, 0.25) is 0 Å². The van der Waals surface area contributed by atoms with E-state index < -0.39 is 10.0 Å². The largest absolute Gasteiger partial charge is 0.506 e. The Labute approximate surface area is 122 Å². The van der Waals surface area contributed by atoms with E-state index in [4.69, 9.17) is 10.8 Å². The van der Waals surface area contributed by atoms with Gasteiger partial charge in [0.05, 0.1) is 10.6 Å². The number of rotatable bonds is 5. The Kier molecular flexibility index (Phi) is 4.35. The Morgan fingerprint density at radius 3 is 2.33 bits per heavy atom. The maximum atomic E-state index is 12.2. The first-order chi connectivity index (χ1) is 9.92. The fraction of sp³-hybridized carbons (Fsp3) is 0.143. The zero-order valence-electron chi connectivity index (χ0n) is 11.2. The molecule has 112 valence electrons. The van der Waals surface area contributed by atoms with Crippen molar-refractivity contribution in [3.63, 3.8) is 0 Å². The number of aliphatic hydroxyl groups excluding tert-OH is 1. The molecule has 21 heavy (non-hydrogen) atoms. The number of anilines is 2. The average Bonchev–Trinajstić information content (AvgIpc) is 2.44. The third-order valence-corrected chi connectivity index (χ3v) is 4.29. The molecule has 0 bridgehead atoms. The van der Waals surface area contributed by atoms with E-state index in [-0.39, 0.29) is 22.9 Å². The lowest BCUT2D eigenvalue weighted by atomic mass is 10.1. The average molecular weight is 308 g/mol. The standard InChI is InChI=1S/C14H16N2O4S/c15-13-9-12(5-6-14(13)18)21(19,20)16-11-3-1-10(2-4-11)7-8-17/h1-6,9,16-18H,7-8,15H2. The second-order valence-corrected chi connectivity index (χ2v) is 6.18. The van der Waals surface area contributed by atoms with E-state index in [9.17, 15) is 13.5 Å². The van der Waals surface area contributed by atoms with Crippen molar-refractivity contribution < 1.29 is 18.6 Å². The predicted octanol–water partition coefficient (Wildman–Crippen LogP) is 1.31. The number of phenolic OH excluding ortho intramolecular Hbond substituents is 1. The number of sulfonamides is 1. The van der Waals surface area contributed by atoms with Crippen molar-refractivity contribution in [3.8, 4) is 5.75 Å². The Morgan fingerprint density at radius 1 is 1.10 bits per heavy atom. The molecule has 0 atom stereocenters. The van der Waals surface area contributed by atoms with Gasteiger partial charge in [0.15, 0.2) is 0 Å². The number of nitrogen functional groups attached to an aromatic ring is 1. The highest BCUT2D eigenvalue weighted by Gasteiger charge is 2.15. The van der Waals surface area contributed by atoms with Crippen LogP contribution in [-0.2, 0) is 16.4 Å². The van der Waals surface area contributed by atoms with Crippen LogP contribution in [-0.4, -0.2) is 25.2 Å². The molecule has 0 unspecified atom stereocenters. The van der Waals surface area contributed by atoms with Crippen LogP contribution in [0.15, 0.2) is 47.4 Å². The zero-order chi connectivity index (χ0) is 15.5. The van der Waals surface area contributed by atoms with E-state index >= 15 is 0 Å². The highest BCUT2D eigenvalue weighted by Crippen LogP contribution is 2.24. The van der Waals surface area contributed by atoms with Crippen molar-refractivity contribution in [2.75, 3.05) is 17.1 Å². The fourth-order valence-electron chi connectivity index (χ4n) is 1.78. The van der Waals surface area contributed by atoms with Crippen LogP contribution >= 0.6 is 0 Å². The van der Waals surface area contributed by atoms with Crippen LogP contribution in [0.5, 0.6) is 5.75 Å². The Hall–Kier alpha value is -2.25. The van der Waals surface area contributed by atoms with Gasteiger partial charge in [0, 0.05) is 12.3 Å². The lowest BCUT2D eigenvalue weighted by Gasteiger charge is -2.09. The zero-order valence-corrected chi connectivity index (χ0v) is 12.0. The van der Waals surface area contributed by atoms with Crippen molar-refractivity contribution in [3.05, 3.63) is 48.0 Å². The van der Waals surface area contributed by atoms with Gasteiger partial charge in [-0.3, -0.25) is 4.72 Å². The molecule has 2 rings (SSSR count). The van der Waals surface area contributed by atoms with Gasteiger partial charge in [-0.1, -0.05) is 12.1 Å². The van der Waals surface area contributed by atoms with Crippen molar-refractivity contribution in [2.45, 2.75) is 11.3 Å². The van der Waals surface area contributed by atoms with Crippen molar-refractivity contribution in [2.24, 2.45) is 0 Å². The molecular formula is C14H16N2O4S. The molecule has 2 aromatic carbocycles. The summed E-state index contributed by atoms with van der Waals surface area (Å²) < 4.78 is 26.8. The van der Waals surface area contributed by atoms with Crippen LogP contribution in [0.25, 0.3) is 0 Å². The molecule has 0 aliphatic rings. The normalized spacial score (nSPS) is 11.3. The lowest BCUT2D eigenvalue weighted by Crippen LogP contribution is -2.13. The van der Waals surface area contributed by atoms with Gasteiger partial charge in [0.2, 0.25) is 0 Å². The number of hydrogen-bond acceptors (Lipinski definition) is 5. The van der Waals surface area contributed by atoms with E-state index in [1.807, 2.05) is 0 Å². The van der Waals surface area contributed by atoms with Crippen molar-refractivity contribution >= 4 is 21.4 Å². The molecule has 0 amide bonds. The lowest BCUT2D eigenvalue weighted by molar-refractivity contribution is 0.299. The molecule has 0 saturated carbocycles. The molecule has 0 aromatic heterocycles. The molecule has 0 radical (unpaired) electrons. The summed E-state index contributed by atoms with van der Waals surface area (Å²) in [5.41, 5.74) is 6.81. The molecule has 7 heteroatoms. The fourth-order valence-corrected chi connectivity index (χ4v) is 2.88. The summed E-state index contributed by atoms with van der Waals surface area (Å²) in [5.74, 6) is -0.165. The topological polar surface area (TPSA) is 113 Å². The minimum absolute atomic E-state index is 0.00355. The number of benzene rings is 2. The molecule has 5 N–H and O–H groups in total. The van der Waals surface area contributed by atoms with Gasteiger partial charge >= 0.3 is 0 Å². The number of phenols is 1. The second kappa shape index (κ2) is 6.02. The summed E-state index contributed by atoms with van der Waals surface area (Å²) in [7, 11) is -3.77. The van der Waals surface area contributed by atoms with E-state index in [1.165, 1.54) is 18.2 Å². The molecule has 0 fully saturated rings. The number of aromatic hydroxyl groups is 1. The molecule has 2 aromatic rings. The predicted molar refractivity (Wildman–Crippen MR) is 80.6 cm³/mol. The van der Waals surface area contributed by atoms with E-state index in [0.717, 1.165) is 5.56 Å². The minimum Gasteiger partial charge on any atom is -0.506 e. The summed E-state index contributed by atoms with van der Waals surface area (Å²) in [4.78, 5) is -0.0303. The number of aliphatic hydroxyl groups is 1. The first-order valence-electron chi connectivity index (χ1n) is 6.23. The first-order valence-corrected chi connectivity index (χ1v) is 7.72. The van der Waals surface area contributed by atoms with Gasteiger partial charge in [0.25, 0.3) is 10.0 Å². The smallest absolute Gasteiger partial charge is 0.261 e. The van der Waals surface area contributed by atoms with Crippen LogP contribution in [0.4, 0.5) is 11.4 Å². The highest BCUT2D eigenvalue weighted by molar-refractivity contribution is 7.92. The Balaban J connectivity index is 2.22. The van der Waals surface area contributed by atoms with Gasteiger partial charge in [-0.15, -0.1) is 0 Å². The van der Waals surface area contributed by atoms with Gasteiger partial charge in [-0.2, -0.15) is 0 Å². The molecule has 0 heterocycles. The summed E-state index contributed by atoms with van der Waals surface area (Å²) in [6.07, 6.45) is 0.515. The van der Waals surface area contributed by atoms with Crippen LogP contribution in [0.1, 0.15) is 5.56 Å². The molecular weight excluding hydrogens is 292 g/mol. The highest BCUT2D eigenvalue weighted by atomic mass is 32.2. The number of hydrogen-bond donors (Lipinski definition) is 4. The van der Waals surface area contributed by atoms with Gasteiger partial charge < -0.3 is 15.9 Å². The molecule has 0 aliphatic heterocycles. The number of nitrogens with two attached hydrogens (primary N) is 1. The number of nitrogens with one attached hydrogen (secondary N) is 1. The van der Waals surface area contributed by atoms with Crippen LogP contribution in [0, 0.1) is 0 Å². The van der Waals surface area contributed by atoms with Crippen molar-refractivity contribution in [1.82, 2.24) is 0 Å². The Morgan fingerprint density at radius 2 is 1.76 bits per heavy atom. The monoisotopic (exact) mass is 308 g/mol. The third-order valence-electron chi connectivity index (χ3n) is 2.92. The van der Waals surface area contributed by atoms with Gasteiger partial charge in [-0.25, -0.2) is 8.42 Å². The van der Waals surface area contributed by atoms with Gasteiger partial charge in [0.1, 0.15) is 5.75 Å². The summed E-state index contributed by atoms with van der Waals surface area (Å²) in [6.45, 7) is 0.0395. The summed E-state index contributed by atoms with van der Waals surface area (Å²) in [5, 5.41) is 18.1. The van der Waals surface area contributed by atoms with E-state index in [2.05, 4.69) is 4.72 Å². The Bertz CT molecular complexity index is 727.